The third kappa shape index (κ3) is 30.0. The van der Waals surface area contributed by atoms with E-state index >= 15 is 0 Å². The van der Waals surface area contributed by atoms with Crippen molar-refractivity contribution in [3.05, 3.63) is 0 Å². The molecule has 4 N–H and O–H groups in total. The Balaban J connectivity index is 0. The summed E-state index contributed by atoms with van der Waals surface area (Å²) in [5.41, 5.74) is 0. The molecule has 41 heavy (non-hydrogen) atoms. The minimum Gasteiger partial charge on any atom is -0.391 e. The Morgan fingerprint density at radius 1 is 0.390 bits per heavy atom. The van der Waals surface area contributed by atoms with Crippen LogP contribution in [0.3, 0.4) is 0 Å². The van der Waals surface area contributed by atoms with Crippen molar-refractivity contribution in [2.45, 2.75) is 244 Å². The first kappa shape index (κ1) is 43.3. The van der Waals surface area contributed by atoms with Crippen LogP contribution in [-0.2, 0) is 0 Å². The fraction of sp³-hybridized carbons (Fsp3) is 1.00. The molecule has 1 atom stereocenters. The molecule has 0 aliphatic heterocycles. The maximum atomic E-state index is 11.2. The number of unbranched alkanes of at least 4 members (excludes halogenated alkanes) is 27. The van der Waals surface area contributed by atoms with Crippen LogP contribution in [0.15, 0.2) is 0 Å². The minimum absolute atomic E-state index is 0. The van der Waals surface area contributed by atoms with Crippen molar-refractivity contribution in [2.24, 2.45) is 0 Å². The average Bonchev–Trinajstić information content (AvgIpc) is 2.96. The van der Waals surface area contributed by atoms with Crippen LogP contribution < -0.4 is 6.15 Å². The van der Waals surface area contributed by atoms with Gasteiger partial charge < -0.3 is 11.3 Å². The normalized spacial score (nSPS) is 12.5. The molecule has 0 aliphatic carbocycles. The molecule has 0 heterocycles. The van der Waals surface area contributed by atoms with E-state index in [-0.39, 0.29) is 17.1 Å². The largest absolute Gasteiger partial charge is 0.391 e. The molecule has 0 aromatic heterocycles. The fourth-order valence-corrected chi connectivity index (χ4v) is 6.73. The maximum absolute atomic E-state index is 11.2. The van der Waals surface area contributed by atoms with E-state index in [1.807, 2.05) is 0 Å². The van der Waals surface area contributed by atoms with Crippen molar-refractivity contribution < 1.29 is 5.11 Å². The van der Waals surface area contributed by atoms with E-state index in [0.29, 0.717) is 0 Å². The molecule has 0 aromatic rings. The van der Waals surface area contributed by atoms with Gasteiger partial charge in [-0.3, -0.25) is 0 Å². The van der Waals surface area contributed by atoms with Crippen LogP contribution in [0.2, 0.25) is 0 Å². The van der Waals surface area contributed by atoms with Gasteiger partial charge in [0.15, 0.2) is 0 Å². The summed E-state index contributed by atoms with van der Waals surface area (Å²) in [6.45, 7) is 6.88. The van der Waals surface area contributed by atoms with E-state index in [0.717, 1.165) is 25.7 Å². The summed E-state index contributed by atoms with van der Waals surface area (Å²) < 4.78 is 0. The molecular weight excluding hydrogens is 522 g/mol. The third-order valence-electron chi connectivity index (χ3n) is 9.32. The summed E-state index contributed by atoms with van der Waals surface area (Å²) >= 11 is 7.28. The Labute approximate surface area is 265 Å². The highest BCUT2D eigenvalue weighted by Gasteiger charge is 2.34. The number of halogens is 1. The quantitative estimate of drug-likeness (QED) is 0.0569. The topological polar surface area (TPSA) is 55.2 Å². The summed E-state index contributed by atoms with van der Waals surface area (Å²) in [5.74, 6) is 0. The monoisotopic (exact) mass is 602 g/mol. The van der Waals surface area contributed by atoms with Gasteiger partial charge in [0.25, 0.3) is 0 Å². The van der Waals surface area contributed by atoms with Crippen molar-refractivity contribution in [1.29, 1.82) is 0 Å². The molecule has 0 saturated heterocycles. The lowest BCUT2D eigenvalue weighted by Gasteiger charge is -2.33. The predicted octanol–water partition coefficient (Wildman–Crippen LogP) is 14.4. The van der Waals surface area contributed by atoms with E-state index < -0.39 is 0 Å². The predicted molar refractivity (Wildman–Crippen MR) is 189 cm³/mol. The molecule has 250 valence electrons. The Morgan fingerprint density at radius 3 is 0.878 bits per heavy atom. The second-order valence-corrected chi connectivity index (χ2v) is 14.1. The zero-order valence-electron chi connectivity index (χ0n) is 28.9. The Morgan fingerprint density at radius 2 is 0.610 bits per heavy atom. The molecule has 0 radical (unpaired) electrons. The van der Waals surface area contributed by atoms with Crippen LogP contribution in [0.4, 0.5) is 0 Å². The average molecular weight is 603 g/mol. The molecule has 2 nitrogen and oxygen atoms in total. The van der Waals surface area contributed by atoms with Crippen LogP contribution in [-0.4, -0.2) is 16.1 Å². The van der Waals surface area contributed by atoms with Gasteiger partial charge in [0.05, 0.1) is 11.0 Å². The van der Waals surface area contributed by atoms with Crippen molar-refractivity contribution in [2.75, 3.05) is 0 Å². The number of hydrogen-bond acceptors (Lipinski definition) is 2. The van der Waals surface area contributed by atoms with Gasteiger partial charge in [0.1, 0.15) is 0 Å². The standard InChI is InChI=1S/C38H77ClO.H3N/c1-4-7-10-13-16-19-22-25-28-31-34-37(40)38(39,35-32-29-26-23-20-17-14-11-8-5-2)36-33-30-27-24-21-18-15-12-9-6-3;/h37,40H,4-36H2,1-3H3;1H3. The lowest BCUT2D eigenvalue weighted by Crippen LogP contribution is -2.37. The van der Waals surface area contributed by atoms with Gasteiger partial charge in [-0.15, -0.1) is 11.6 Å². The van der Waals surface area contributed by atoms with E-state index in [1.54, 1.807) is 0 Å². The maximum Gasteiger partial charge on any atom is 0.0731 e. The van der Waals surface area contributed by atoms with Crippen LogP contribution >= 0.6 is 11.6 Å². The highest BCUT2D eigenvalue weighted by atomic mass is 35.5. The lowest BCUT2D eigenvalue weighted by molar-refractivity contribution is 0.0992. The fourth-order valence-electron chi connectivity index (χ4n) is 6.35. The highest BCUT2D eigenvalue weighted by Crippen LogP contribution is 2.35. The van der Waals surface area contributed by atoms with E-state index in [9.17, 15) is 5.11 Å². The van der Waals surface area contributed by atoms with Gasteiger partial charge in [-0.1, -0.05) is 213 Å². The minimum atomic E-state index is -0.389. The van der Waals surface area contributed by atoms with Crippen LogP contribution in [0.25, 0.3) is 0 Å². The van der Waals surface area contributed by atoms with Crippen LogP contribution in [0.1, 0.15) is 233 Å². The molecule has 0 aliphatic rings. The summed E-state index contributed by atoms with van der Waals surface area (Å²) in [7, 11) is 0. The van der Waals surface area contributed by atoms with Gasteiger partial charge in [0.2, 0.25) is 0 Å². The molecular formula is C38H80ClNO. The number of aliphatic hydroxyl groups excluding tert-OH is 1. The Kier molecular flexibility index (Phi) is 36.7. The zero-order valence-corrected chi connectivity index (χ0v) is 29.7. The second-order valence-electron chi connectivity index (χ2n) is 13.4. The second kappa shape index (κ2) is 34.7. The van der Waals surface area contributed by atoms with E-state index in [2.05, 4.69) is 20.8 Å². The van der Waals surface area contributed by atoms with Gasteiger partial charge >= 0.3 is 0 Å². The number of alkyl halides is 1. The summed E-state index contributed by atoms with van der Waals surface area (Å²) in [6, 6.07) is 0. The number of hydrogen-bond donors (Lipinski definition) is 2. The summed E-state index contributed by atoms with van der Waals surface area (Å²) in [6.07, 6.45) is 43.2. The molecule has 0 rings (SSSR count). The van der Waals surface area contributed by atoms with E-state index in [4.69, 9.17) is 11.6 Å². The Bertz CT molecular complexity index is 447. The van der Waals surface area contributed by atoms with Crippen molar-refractivity contribution >= 4 is 11.6 Å². The van der Waals surface area contributed by atoms with Crippen molar-refractivity contribution in [3.8, 4) is 0 Å². The third-order valence-corrected chi connectivity index (χ3v) is 9.95. The molecule has 1 unspecified atom stereocenters. The van der Waals surface area contributed by atoms with Crippen LogP contribution in [0.5, 0.6) is 0 Å². The zero-order chi connectivity index (χ0) is 29.4. The molecule has 0 spiro atoms. The highest BCUT2D eigenvalue weighted by molar-refractivity contribution is 6.24. The van der Waals surface area contributed by atoms with Crippen LogP contribution in [0, 0.1) is 0 Å². The first-order valence-corrected chi connectivity index (χ1v) is 19.4. The smallest absolute Gasteiger partial charge is 0.0731 e. The van der Waals surface area contributed by atoms with Crippen molar-refractivity contribution in [1.82, 2.24) is 6.15 Å². The molecule has 0 aromatic carbocycles. The summed E-state index contributed by atoms with van der Waals surface area (Å²) in [4.78, 5) is -0.389. The van der Waals surface area contributed by atoms with Gasteiger partial charge in [0, 0.05) is 0 Å². The van der Waals surface area contributed by atoms with Crippen molar-refractivity contribution in [3.63, 3.8) is 0 Å². The SMILES string of the molecule is CCCCCCCCCCCCC(O)C(Cl)(CCCCCCCCCCCC)CCCCCCCCCCCC.N. The molecule has 0 saturated carbocycles. The Hall–Kier alpha value is 0.210. The molecule has 0 bridgehead atoms. The van der Waals surface area contributed by atoms with Gasteiger partial charge in [-0.25, -0.2) is 0 Å². The number of aliphatic hydroxyl groups is 1. The summed E-state index contributed by atoms with van der Waals surface area (Å²) in [5, 5.41) is 11.2. The molecule has 0 fully saturated rings. The lowest BCUT2D eigenvalue weighted by atomic mass is 9.86. The molecule has 3 heteroatoms. The molecule has 0 amide bonds. The van der Waals surface area contributed by atoms with Gasteiger partial charge in [-0.05, 0) is 19.3 Å². The number of rotatable bonds is 34. The van der Waals surface area contributed by atoms with Gasteiger partial charge in [-0.2, -0.15) is 0 Å². The first-order valence-electron chi connectivity index (χ1n) is 19.0. The van der Waals surface area contributed by atoms with E-state index in [1.165, 1.54) is 186 Å². The first-order chi connectivity index (χ1) is 19.6.